The fraction of sp³-hybridized carbons (Fsp3) is 0.227. The number of carbonyl (C=O) groups is 3. The first-order valence-corrected chi connectivity index (χ1v) is 8.65. The van der Waals surface area contributed by atoms with Crippen molar-refractivity contribution >= 4 is 17.9 Å². The number of aromatic carboxylic acids is 1. The number of hydrogen-bond donors (Lipinski definition) is 3. The molecule has 1 aliphatic rings. The van der Waals surface area contributed by atoms with Crippen molar-refractivity contribution in [3.05, 3.63) is 57.9 Å². The molecule has 0 radical (unpaired) electrons. The standard InChI is InChI=1S/C22H19NO6/c1-4-5-6-7-12-29-22(28)18-14(3)23-13(2)17(21(26)27)19(18)15-8-10-16(11-9-15)20(24)25/h1,8-11,19,23H,5-6H2,2-3H3,(H,24,25)(H,26,27). The number of ether oxygens (including phenoxy) is 1. The van der Waals surface area contributed by atoms with Crippen LogP contribution in [0.25, 0.3) is 0 Å². The highest BCUT2D eigenvalue weighted by molar-refractivity contribution is 5.99. The molecule has 0 spiro atoms. The number of rotatable bonds is 5. The molecule has 148 valence electrons. The fourth-order valence-corrected chi connectivity index (χ4v) is 3.02. The van der Waals surface area contributed by atoms with E-state index in [1.807, 2.05) is 0 Å². The first-order valence-electron chi connectivity index (χ1n) is 8.65. The summed E-state index contributed by atoms with van der Waals surface area (Å²) in [7, 11) is 0. The van der Waals surface area contributed by atoms with Gasteiger partial charge in [0, 0.05) is 24.2 Å². The molecule has 1 aliphatic heterocycles. The predicted octanol–water partition coefficient (Wildman–Crippen LogP) is 2.62. The van der Waals surface area contributed by atoms with Crippen LogP contribution in [-0.2, 0) is 14.3 Å². The van der Waals surface area contributed by atoms with Crippen LogP contribution in [0.1, 0.15) is 48.5 Å². The van der Waals surface area contributed by atoms with Crippen LogP contribution in [0.4, 0.5) is 0 Å². The Bertz CT molecular complexity index is 1010. The van der Waals surface area contributed by atoms with Gasteiger partial charge in [0.25, 0.3) is 0 Å². The molecule has 1 aromatic carbocycles. The number of terminal acetylenes is 1. The van der Waals surface area contributed by atoms with Gasteiger partial charge < -0.3 is 20.3 Å². The van der Waals surface area contributed by atoms with E-state index < -0.39 is 23.8 Å². The van der Waals surface area contributed by atoms with Crippen molar-refractivity contribution in [3.8, 4) is 24.4 Å². The van der Waals surface area contributed by atoms with Gasteiger partial charge in [0.05, 0.1) is 22.6 Å². The number of nitrogens with one attached hydrogen (secondary N) is 1. The average molecular weight is 393 g/mol. The van der Waals surface area contributed by atoms with Crippen LogP contribution in [0.3, 0.4) is 0 Å². The molecule has 0 aromatic heterocycles. The summed E-state index contributed by atoms with van der Waals surface area (Å²) in [6.07, 6.45) is 8.20. The number of dihydropyridines is 1. The second kappa shape index (κ2) is 9.29. The minimum Gasteiger partial charge on any atom is -0.478 e. The zero-order chi connectivity index (χ0) is 21.6. The van der Waals surface area contributed by atoms with Crippen molar-refractivity contribution in [1.82, 2.24) is 5.32 Å². The lowest BCUT2D eigenvalue weighted by molar-refractivity contribution is -0.133. The number of hydrogen-bond acceptors (Lipinski definition) is 5. The number of carbonyl (C=O) groups excluding carboxylic acids is 1. The van der Waals surface area contributed by atoms with E-state index in [4.69, 9.17) is 16.3 Å². The predicted molar refractivity (Wildman–Crippen MR) is 104 cm³/mol. The summed E-state index contributed by atoms with van der Waals surface area (Å²) < 4.78 is 5.00. The molecule has 0 saturated heterocycles. The lowest BCUT2D eigenvalue weighted by Gasteiger charge is -2.29. The van der Waals surface area contributed by atoms with Crippen LogP contribution >= 0.6 is 0 Å². The van der Waals surface area contributed by atoms with Crippen LogP contribution in [0.5, 0.6) is 0 Å². The van der Waals surface area contributed by atoms with Gasteiger partial charge in [0.15, 0.2) is 0 Å². The third-order valence-electron chi connectivity index (χ3n) is 4.31. The molecule has 0 amide bonds. The van der Waals surface area contributed by atoms with Crippen molar-refractivity contribution in [2.45, 2.75) is 32.6 Å². The summed E-state index contributed by atoms with van der Waals surface area (Å²) in [6.45, 7) is 3.22. The largest absolute Gasteiger partial charge is 0.478 e. The minimum atomic E-state index is -1.21. The Labute approximate surface area is 168 Å². The molecule has 0 saturated carbocycles. The zero-order valence-corrected chi connectivity index (χ0v) is 15.9. The number of carboxylic acid groups (broad SMARTS) is 2. The molecule has 0 bridgehead atoms. The first-order chi connectivity index (χ1) is 13.8. The van der Waals surface area contributed by atoms with E-state index >= 15 is 0 Å². The SMILES string of the molecule is C#CCCC#COC(=O)C1=C(C)NC(C)=C(C(=O)O)C1c1ccc(C(=O)O)cc1. The Kier molecular flexibility index (Phi) is 6.84. The molecule has 29 heavy (non-hydrogen) atoms. The highest BCUT2D eigenvalue weighted by Crippen LogP contribution is 2.38. The van der Waals surface area contributed by atoms with Gasteiger partial charge in [-0.05, 0) is 31.5 Å². The molecular formula is C22H19NO6. The molecule has 1 aromatic rings. The Balaban J connectivity index is 2.48. The Morgan fingerprint density at radius 2 is 1.66 bits per heavy atom. The number of carboxylic acids is 2. The van der Waals surface area contributed by atoms with Crippen molar-refractivity contribution in [3.63, 3.8) is 0 Å². The molecule has 7 nitrogen and oxygen atoms in total. The van der Waals surface area contributed by atoms with Crippen LogP contribution in [0.15, 0.2) is 46.8 Å². The summed E-state index contributed by atoms with van der Waals surface area (Å²) in [5.74, 6) is 0.975. The maximum absolute atomic E-state index is 12.7. The Morgan fingerprint density at radius 3 is 2.21 bits per heavy atom. The van der Waals surface area contributed by atoms with E-state index in [1.165, 1.54) is 24.3 Å². The summed E-state index contributed by atoms with van der Waals surface area (Å²) >= 11 is 0. The molecule has 0 aliphatic carbocycles. The number of benzene rings is 1. The highest BCUT2D eigenvalue weighted by atomic mass is 16.5. The van der Waals surface area contributed by atoms with Crippen molar-refractivity contribution in [2.75, 3.05) is 0 Å². The minimum absolute atomic E-state index is 0.0362. The molecule has 1 heterocycles. The van der Waals surface area contributed by atoms with Gasteiger partial charge in [0.2, 0.25) is 0 Å². The van der Waals surface area contributed by atoms with Gasteiger partial charge in [0.1, 0.15) is 6.11 Å². The van der Waals surface area contributed by atoms with E-state index in [-0.39, 0.29) is 16.7 Å². The van der Waals surface area contributed by atoms with Gasteiger partial charge in [-0.15, -0.1) is 12.3 Å². The van der Waals surface area contributed by atoms with Gasteiger partial charge in [-0.2, -0.15) is 0 Å². The average Bonchev–Trinajstić information content (AvgIpc) is 2.66. The monoisotopic (exact) mass is 393 g/mol. The topological polar surface area (TPSA) is 113 Å². The molecule has 2 rings (SSSR count). The van der Waals surface area contributed by atoms with Crippen LogP contribution in [0, 0.1) is 24.4 Å². The van der Waals surface area contributed by atoms with E-state index in [0.717, 1.165) is 0 Å². The van der Waals surface area contributed by atoms with E-state index in [1.54, 1.807) is 13.8 Å². The van der Waals surface area contributed by atoms with Gasteiger partial charge in [-0.1, -0.05) is 18.1 Å². The van der Waals surface area contributed by atoms with Crippen molar-refractivity contribution in [2.24, 2.45) is 0 Å². The van der Waals surface area contributed by atoms with Gasteiger partial charge in [-0.25, -0.2) is 14.4 Å². The third-order valence-corrected chi connectivity index (χ3v) is 4.31. The second-order valence-corrected chi connectivity index (χ2v) is 6.24. The maximum atomic E-state index is 12.7. The maximum Gasteiger partial charge on any atom is 0.350 e. The number of unbranched alkanes of at least 4 members (excludes halogenated alkanes) is 1. The summed E-state index contributed by atoms with van der Waals surface area (Å²) in [5.41, 5.74) is 1.34. The van der Waals surface area contributed by atoms with Gasteiger partial charge >= 0.3 is 17.9 Å². The lowest BCUT2D eigenvalue weighted by Crippen LogP contribution is -2.31. The van der Waals surface area contributed by atoms with E-state index in [0.29, 0.717) is 29.8 Å². The Hall–Kier alpha value is -3.97. The van der Waals surface area contributed by atoms with Crippen LogP contribution in [0.2, 0.25) is 0 Å². The molecule has 3 N–H and O–H groups in total. The quantitative estimate of drug-likeness (QED) is 0.400. The zero-order valence-electron chi connectivity index (χ0n) is 15.9. The molecule has 1 atom stereocenters. The number of allylic oxidation sites excluding steroid dienone is 2. The Morgan fingerprint density at radius 1 is 1.03 bits per heavy atom. The summed E-state index contributed by atoms with van der Waals surface area (Å²) in [6, 6.07) is 5.67. The summed E-state index contributed by atoms with van der Waals surface area (Å²) in [5, 5.41) is 21.7. The number of aliphatic carboxylic acids is 1. The van der Waals surface area contributed by atoms with Crippen molar-refractivity contribution < 1.29 is 29.3 Å². The molecule has 0 fully saturated rings. The number of esters is 1. The molecule has 1 unspecified atom stereocenters. The normalized spacial score (nSPS) is 15.6. The summed E-state index contributed by atoms with van der Waals surface area (Å²) in [4.78, 5) is 35.7. The highest BCUT2D eigenvalue weighted by Gasteiger charge is 2.37. The molecule has 7 heteroatoms. The van der Waals surface area contributed by atoms with Crippen LogP contribution in [-0.4, -0.2) is 28.1 Å². The molecular weight excluding hydrogens is 374 g/mol. The van der Waals surface area contributed by atoms with Crippen LogP contribution < -0.4 is 5.32 Å². The third kappa shape index (κ3) is 4.85. The smallest absolute Gasteiger partial charge is 0.350 e. The lowest BCUT2D eigenvalue weighted by atomic mass is 9.80. The second-order valence-electron chi connectivity index (χ2n) is 6.24. The fourth-order valence-electron chi connectivity index (χ4n) is 3.02. The van der Waals surface area contributed by atoms with Gasteiger partial charge in [-0.3, -0.25) is 0 Å². The first kappa shape index (κ1) is 21.3. The van der Waals surface area contributed by atoms with E-state index in [9.17, 15) is 19.5 Å². The van der Waals surface area contributed by atoms with Crippen molar-refractivity contribution in [1.29, 1.82) is 0 Å². The van der Waals surface area contributed by atoms with E-state index in [2.05, 4.69) is 23.3 Å².